The van der Waals surface area contributed by atoms with Gasteiger partial charge >= 0.3 is 0 Å². The van der Waals surface area contributed by atoms with Gasteiger partial charge in [0.2, 0.25) is 0 Å². The summed E-state index contributed by atoms with van der Waals surface area (Å²) in [6, 6.07) is 7.68. The van der Waals surface area contributed by atoms with Gasteiger partial charge in [-0.15, -0.1) is 0 Å². The Hall–Kier alpha value is -0.970. The van der Waals surface area contributed by atoms with Gasteiger partial charge in [0, 0.05) is 24.7 Å². The topological polar surface area (TPSA) is 32.5 Å². The molecule has 21 heavy (non-hydrogen) atoms. The molecule has 2 N–H and O–H groups in total. The van der Waals surface area contributed by atoms with Crippen molar-refractivity contribution in [1.29, 1.82) is 0 Å². The molecule has 0 aromatic heterocycles. The zero-order valence-electron chi connectivity index (χ0n) is 13.4. The lowest BCUT2D eigenvalue weighted by Crippen LogP contribution is -2.50. The number of nitrogens with zero attached hydrogens (tertiary/aromatic N) is 2. The van der Waals surface area contributed by atoms with Gasteiger partial charge in [-0.05, 0) is 57.6 Å². The van der Waals surface area contributed by atoms with Crippen molar-refractivity contribution in [3.8, 4) is 0 Å². The molecule has 0 aliphatic carbocycles. The van der Waals surface area contributed by atoms with E-state index in [1.165, 1.54) is 25.0 Å². The quantitative estimate of drug-likeness (QED) is 0.906. The Morgan fingerprint density at radius 3 is 2.57 bits per heavy atom. The first-order valence-corrected chi connectivity index (χ1v) is 7.94. The van der Waals surface area contributed by atoms with Gasteiger partial charge < -0.3 is 10.6 Å². The highest BCUT2D eigenvalue weighted by Gasteiger charge is 2.30. The predicted octanol–water partition coefficient (Wildman–Crippen LogP) is 2.63. The van der Waals surface area contributed by atoms with Crippen LogP contribution < -0.4 is 5.73 Å². The first-order chi connectivity index (χ1) is 10.0. The van der Waals surface area contributed by atoms with E-state index in [4.69, 9.17) is 5.73 Å². The fourth-order valence-corrected chi connectivity index (χ4v) is 3.27. The van der Waals surface area contributed by atoms with Gasteiger partial charge in [-0.25, -0.2) is 4.39 Å². The minimum Gasteiger partial charge on any atom is -0.326 e. The van der Waals surface area contributed by atoms with Gasteiger partial charge in [-0.3, -0.25) is 4.90 Å². The lowest BCUT2D eigenvalue weighted by atomic mass is 9.93. The van der Waals surface area contributed by atoms with Crippen LogP contribution in [-0.2, 0) is 0 Å². The molecule has 3 nitrogen and oxygen atoms in total. The maximum atomic E-state index is 13.2. The molecule has 1 aliphatic rings. The molecule has 4 heteroatoms. The molecule has 3 unspecified atom stereocenters. The van der Waals surface area contributed by atoms with Crippen molar-refractivity contribution in [2.24, 2.45) is 5.73 Å². The van der Waals surface area contributed by atoms with Gasteiger partial charge in [0.05, 0.1) is 0 Å². The summed E-state index contributed by atoms with van der Waals surface area (Å²) in [5, 5.41) is 0. The summed E-state index contributed by atoms with van der Waals surface area (Å²) in [4.78, 5) is 4.78. The van der Waals surface area contributed by atoms with E-state index in [0.29, 0.717) is 6.04 Å². The summed E-state index contributed by atoms with van der Waals surface area (Å²) in [6.45, 7) is 4.22. The lowest BCUT2D eigenvalue weighted by Gasteiger charge is -2.42. The average Bonchev–Trinajstić information content (AvgIpc) is 2.49. The molecular formula is C17H28FN3. The van der Waals surface area contributed by atoms with Gasteiger partial charge in [0.1, 0.15) is 5.82 Å². The Morgan fingerprint density at radius 2 is 2.00 bits per heavy atom. The molecule has 3 atom stereocenters. The van der Waals surface area contributed by atoms with Crippen LogP contribution >= 0.6 is 0 Å². The van der Waals surface area contributed by atoms with Crippen molar-refractivity contribution < 1.29 is 4.39 Å². The molecule has 1 saturated heterocycles. The highest BCUT2D eigenvalue weighted by molar-refractivity contribution is 5.22. The van der Waals surface area contributed by atoms with Crippen LogP contribution in [0.25, 0.3) is 0 Å². The number of likely N-dealkylation sites (N-methyl/N-ethyl adjacent to an activating group) is 1. The maximum absolute atomic E-state index is 13.2. The Morgan fingerprint density at radius 1 is 1.33 bits per heavy atom. The summed E-state index contributed by atoms with van der Waals surface area (Å²) in [7, 11) is 4.28. The van der Waals surface area contributed by atoms with Gasteiger partial charge in [-0.1, -0.05) is 19.1 Å². The molecule has 2 rings (SSSR count). The molecule has 0 radical (unpaired) electrons. The summed E-state index contributed by atoms with van der Waals surface area (Å²) in [6.07, 6.45) is 3.35. The van der Waals surface area contributed by atoms with E-state index in [1.807, 2.05) is 12.1 Å². The number of likely N-dealkylation sites (tertiary alicyclic amines) is 1. The fourth-order valence-electron chi connectivity index (χ4n) is 3.27. The summed E-state index contributed by atoms with van der Waals surface area (Å²) in [5.74, 6) is -0.188. The summed E-state index contributed by atoms with van der Waals surface area (Å²) >= 11 is 0. The normalized spacial score (nSPS) is 23.2. The third kappa shape index (κ3) is 4.02. The monoisotopic (exact) mass is 293 g/mol. The van der Waals surface area contributed by atoms with Crippen molar-refractivity contribution in [3.63, 3.8) is 0 Å². The lowest BCUT2D eigenvalue weighted by molar-refractivity contribution is 0.0832. The Balaban J connectivity index is 2.21. The molecule has 1 heterocycles. The van der Waals surface area contributed by atoms with Crippen LogP contribution in [0.4, 0.5) is 4.39 Å². The van der Waals surface area contributed by atoms with Crippen molar-refractivity contribution in [2.45, 2.75) is 44.3 Å². The first kappa shape index (κ1) is 16.4. The Kier molecular flexibility index (Phi) is 5.73. The van der Waals surface area contributed by atoms with Crippen LogP contribution in [0.1, 0.15) is 37.8 Å². The molecular weight excluding hydrogens is 265 g/mol. The molecule has 1 aliphatic heterocycles. The predicted molar refractivity (Wildman–Crippen MR) is 85.7 cm³/mol. The first-order valence-electron chi connectivity index (χ1n) is 7.94. The Bertz CT molecular complexity index is 432. The number of rotatable bonds is 5. The minimum atomic E-state index is -0.188. The summed E-state index contributed by atoms with van der Waals surface area (Å²) < 4.78 is 13.2. The molecule has 118 valence electrons. The second-order valence-electron chi connectivity index (χ2n) is 6.32. The highest BCUT2D eigenvalue weighted by Crippen LogP contribution is 2.29. The van der Waals surface area contributed by atoms with E-state index in [1.54, 1.807) is 0 Å². The maximum Gasteiger partial charge on any atom is 0.123 e. The highest BCUT2D eigenvalue weighted by atomic mass is 19.1. The third-order valence-corrected chi connectivity index (χ3v) is 4.64. The smallest absolute Gasteiger partial charge is 0.123 e. The molecule has 0 saturated carbocycles. The molecule has 0 spiro atoms. The summed E-state index contributed by atoms with van der Waals surface area (Å²) in [5.41, 5.74) is 7.52. The van der Waals surface area contributed by atoms with Crippen molar-refractivity contribution in [3.05, 3.63) is 35.6 Å². The molecule has 0 amide bonds. The van der Waals surface area contributed by atoms with Crippen molar-refractivity contribution in [2.75, 3.05) is 27.2 Å². The Labute approximate surface area is 127 Å². The zero-order valence-corrected chi connectivity index (χ0v) is 13.4. The zero-order chi connectivity index (χ0) is 15.4. The van der Waals surface area contributed by atoms with E-state index in [2.05, 4.69) is 30.8 Å². The largest absolute Gasteiger partial charge is 0.326 e. The number of benzene rings is 1. The molecule has 1 aromatic rings. The number of halogens is 1. The number of hydrogen-bond acceptors (Lipinski definition) is 3. The number of hydrogen-bond donors (Lipinski definition) is 1. The number of nitrogens with two attached hydrogens (primary N) is 1. The molecule has 1 aromatic carbocycles. The van der Waals surface area contributed by atoms with Crippen molar-refractivity contribution in [1.82, 2.24) is 9.80 Å². The number of piperidine rings is 1. The van der Waals surface area contributed by atoms with Crippen LogP contribution in [0.5, 0.6) is 0 Å². The average molecular weight is 293 g/mol. The van der Waals surface area contributed by atoms with Crippen LogP contribution in [0.2, 0.25) is 0 Å². The van der Waals surface area contributed by atoms with E-state index in [-0.39, 0.29) is 17.9 Å². The van der Waals surface area contributed by atoms with E-state index >= 15 is 0 Å². The van der Waals surface area contributed by atoms with Gasteiger partial charge in [0.15, 0.2) is 0 Å². The van der Waals surface area contributed by atoms with Gasteiger partial charge in [-0.2, -0.15) is 0 Å². The van der Waals surface area contributed by atoms with Gasteiger partial charge in [0.25, 0.3) is 0 Å². The van der Waals surface area contributed by atoms with E-state index < -0.39 is 0 Å². The third-order valence-electron chi connectivity index (χ3n) is 4.64. The van der Waals surface area contributed by atoms with Crippen LogP contribution in [0, 0.1) is 5.82 Å². The van der Waals surface area contributed by atoms with Crippen LogP contribution in [0.15, 0.2) is 24.3 Å². The standard InChI is InChI=1S/C17H28FN3/c1-4-16(19)17(13-7-9-14(18)10-8-13)21-11-5-6-15(12-21)20(2)3/h7-10,15-17H,4-6,11-12,19H2,1-3H3. The van der Waals surface area contributed by atoms with Crippen molar-refractivity contribution >= 4 is 0 Å². The van der Waals surface area contributed by atoms with Crippen LogP contribution in [0.3, 0.4) is 0 Å². The fraction of sp³-hybridized carbons (Fsp3) is 0.647. The molecule has 1 fully saturated rings. The molecule has 0 bridgehead atoms. The second-order valence-corrected chi connectivity index (χ2v) is 6.32. The van der Waals surface area contributed by atoms with E-state index in [0.717, 1.165) is 25.1 Å². The SMILES string of the molecule is CCC(N)C(c1ccc(F)cc1)N1CCCC(N(C)C)C1. The van der Waals surface area contributed by atoms with Crippen LogP contribution in [-0.4, -0.2) is 49.1 Å². The minimum absolute atomic E-state index is 0.0800. The second kappa shape index (κ2) is 7.34. The van der Waals surface area contributed by atoms with E-state index in [9.17, 15) is 4.39 Å².